The maximum Gasteiger partial charge on any atom is 0.111 e. The van der Waals surface area contributed by atoms with E-state index in [0.717, 1.165) is 25.0 Å². The largest absolute Gasteiger partial charge is 0.324 e. The standard InChI is InChI=1S/C18H28N4/c1-15(14-20(2)3)22-17-9-5-4-8-16(17)19-18(22)10-13-21-11-6-7-12-21/h4-5,8-9,15H,6-7,10-14H2,1-3H3/t15-/m0/s1. The van der Waals surface area contributed by atoms with Crippen molar-refractivity contribution in [3.63, 3.8) is 0 Å². The van der Waals surface area contributed by atoms with E-state index in [-0.39, 0.29) is 0 Å². The predicted octanol–water partition coefficient (Wildman–Crippen LogP) is 2.80. The van der Waals surface area contributed by atoms with Crippen LogP contribution in [0, 0.1) is 0 Å². The number of aromatic nitrogens is 2. The molecule has 0 aliphatic carbocycles. The van der Waals surface area contributed by atoms with Crippen molar-refractivity contribution in [2.45, 2.75) is 32.2 Å². The van der Waals surface area contributed by atoms with Crippen LogP contribution in [0.1, 0.15) is 31.6 Å². The molecule has 0 unspecified atom stereocenters. The van der Waals surface area contributed by atoms with E-state index in [1.165, 1.54) is 37.3 Å². The van der Waals surface area contributed by atoms with E-state index in [1.54, 1.807) is 0 Å². The summed E-state index contributed by atoms with van der Waals surface area (Å²) in [4.78, 5) is 9.74. The normalized spacial score (nSPS) is 17.6. The van der Waals surface area contributed by atoms with Crippen LogP contribution in [0.2, 0.25) is 0 Å². The molecule has 0 bridgehead atoms. The molecule has 1 fully saturated rings. The number of fused-ring (bicyclic) bond motifs is 1. The Bertz CT molecular complexity index is 611. The zero-order valence-electron chi connectivity index (χ0n) is 14.1. The summed E-state index contributed by atoms with van der Waals surface area (Å²) in [5.41, 5.74) is 2.40. The minimum Gasteiger partial charge on any atom is -0.324 e. The van der Waals surface area contributed by atoms with Crippen molar-refractivity contribution in [3.05, 3.63) is 30.1 Å². The third-order valence-electron chi connectivity index (χ3n) is 4.59. The number of benzene rings is 1. The van der Waals surface area contributed by atoms with Crippen LogP contribution < -0.4 is 0 Å². The highest BCUT2D eigenvalue weighted by atomic mass is 15.2. The third kappa shape index (κ3) is 3.33. The lowest BCUT2D eigenvalue weighted by Gasteiger charge is -2.22. The van der Waals surface area contributed by atoms with Crippen molar-refractivity contribution >= 4 is 11.0 Å². The minimum absolute atomic E-state index is 0.441. The number of para-hydroxylation sites is 2. The molecule has 3 rings (SSSR count). The van der Waals surface area contributed by atoms with E-state index in [2.05, 4.69) is 59.7 Å². The maximum atomic E-state index is 4.92. The number of hydrogen-bond donors (Lipinski definition) is 0. The van der Waals surface area contributed by atoms with Crippen molar-refractivity contribution in [3.8, 4) is 0 Å². The van der Waals surface area contributed by atoms with Crippen LogP contribution >= 0.6 is 0 Å². The van der Waals surface area contributed by atoms with E-state index in [9.17, 15) is 0 Å². The Morgan fingerprint density at radius 1 is 1.18 bits per heavy atom. The molecule has 1 aromatic heterocycles. The topological polar surface area (TPSA) is 24.3 Å². The van der Waals surface area contributed by atoms with Gasteiger partial charge in [-0.2, -0.15) is 0 Å². The van der Waals surface area contributed by atoms with Crippen LogP contribution in [0.4, 0.5) is 0 Å². The molecule has 4 heteroatoms. The molecule has 0 saturated carbocycles. The molecule has 1 aromatic carbocycles. The van der Waals surface area contributed by atoms with Crippen LogP contribution in [-0.2, 0) is 6.42 Å². The molecule has 0 N–H and O–H groups in total. The lowest BCUT2D eigenvalue weighted by atomic mass is 10.2. The van der Waals surface area contributed by atoms with Crippen LogP contribution in [0.3, 0.4) is 0 Å². The number of imidazole rings is 1. The highest BCUT2D eigenvalue weighted by Crippen LogP contribution is 2.22. The fourth-order valence-electron chi connectivity index (χ4n) is 3.64. The van der Waals surface area contributed by atoms with Crippen molar-refractivity contribution < 1.29 is 0 Å². The second-order valence-electron chi connectivity index (χ2n) is 6.80. The summed E-state index contributed by atoms with van der Waals surface area (Å²) < 4.78 is 2.45. The summed E-state index contributed by atoms with van der Waals surface area (Å²) in [6, 6.07) is 8.98. The number of rotatable bonds is 6. The molecule has 4 nitrogen and oxygen atoms in total. The molecular weight excluding hydrogens is 272 g/mol. The maximum absolute atomic E-state index is 4.92. The molecule has 1 aliphatic rings. The Morgan fingerprint density at radius 3 is 2.64 bits per heavy atom. The Balaban J connectivity index is 1.86. The molecule has 0 amide bonds. The van der Waals surface area contributed by atoms with Gasteiger partial charge in [-0.3, -0.25) is 0 Å². The molecular formula is C18H28N4. The SMILES string of the molecule is C[C@@H](CN(C)C)n1c(CCN2CCCC2)nc2ccccc21. The van der Waals surface area contributed by atoms with Gasteiger partial charge in [0.25, 0.3) is 0 Å². The zero-order chi connectivity index (χ0) is 15.5. The Labute approximate surface area is 133 Å². The van der Waals surface area contributed by atoms with Crippen molar-refractivity contribution in [2.24, 2.45) is 0 Å². The molecule has 2 heterocycles. The molecule has 1 atom stereocenters. The minimum atomic E-state index is 0.441. The van der Waals surface area contributed by atoms with Gasteiger partial charge in [-0.15, -0.1) is 0 Å². The molecule has 2 aromatic rings. The van der Waals surface area contributed by atoms with E-state index >= 15 is 0 Å². The molecule has 1 saturated heterocycles. The molecule has 0 spiro atoms. The van der Waals surface area contributed by atoms with E-state index < -0.39 is 0 Å². The first-order chi connectivity index (χ1) is 10.6. The quantitative estimate of drug-likeness (QED) is 0.820. The molecule has 1 aliphatic heterocycles. The number of nitrogens with zero attached hydrogens (tertiary/aromatic N) is 4. The Hall–Kier alpha value is -1.39. The van der Waals surface area contributed by atoms with Gasteiger partial charge in [0.05, 0.1) is 11.0 Å². The first-order valence-corrected chi connectivity index (χ1v) is 8.48. The van der Waals surface area contributed by atoms with Crippen molar-refractivity contribution in [1.82, 2.24) is 19.4 Å². The van der Waals surface area contributed by atoms with Gasteiger partial charge in [0, 0.05) is 25.6 Å². The van der Waals surface area contributed by atoms with Gasteiger partial charge < -0.3 is 14.4 Å². The summed E-state index contributed by atoms with van der Waals surface area (Å²) in [5.74, 6) is 1.24. The second-order valence-corrected chi connectivity index (χ2v) is 6.80. The average Bonchev–Trinajstić information content (AvgIpc) is 3.11. The third-order valence-corrected chi connectivity index (χ3v) is 4.59. The first kappa shape index (κ1) is 15.5. The lowest BCUT2D eigenvalue weighted by molar-refractivity contribution is 0.321. The van der Waals surface area contributed by atoms with Crippen LogP contribution in [0.25, 0.3) is 11.0 Å². The van der Waals surface area contributed by atoms with Crippen LogP contribution in [0.5, 0.6) is 0 Å². The summed E-state index contributed by atoms with van der Waals surface area (Å²) in [6.07, 6.45) is 3.76. The zero-order valence-corrected chi connectivity index (χ0v) is 14.1. The van der Waals surface area contributed by atoms with E-state index in [1.807, 2.05) is 0 Å². The van der Waals surface area contributed by atoms with Gasteiger partial charge in [0.2, 0.25) is 0 Å². The fourth-order valence-corrected chi connectivity index (χ4v) is 3.64. The van der Waals surface area contributed by atoms with Gasteiger partial charge in [-0.1, -0.05) is 12.1 Å². The van der Waals surface area contributed by atoms with Gasteiger partial charge in [-0.25, -0.2) is 4.98 Å². The summed E-state index contributed by atoms with van der Waals surface area (Å²) in [6.45, 7) is 6.99. The smallest absolute Gasteiger partial charge is 0.111 e. The van der Waals surface area contributed by atoms with E-state index in [0.29, 0.717) is 6.04 Å². The van der Waals surface area contributed by atoms with Gasteiger partial charge in [0.15, 0.2) is 0 Å². The van der Waals surface area contributed by atoms with E-state index in [4.69, 9.17) is 4.98 Å². The number of likely N-dealkylation sites (N-methyl/N-ethyl adjacent to an activating group) is 1. The summed E-state index contributed by atoms with van der Waals surface area (Å²) >= 11 is 0. The second kappa shape index (κ2) is 6.80. The predicted molar refractivity (Wildman–Crippen MR) is 92.4 cm³/mol. The number of hydrogen-bond acceptors (Lipinski definition) is 3. The van der Waals surface area contributed by atoms with Crippen LogP contribution in [-0.4, -0.2) is 59.6 Å². The van der Waals surface area contributed by atoms with Crippen molar-refractivity contribution in [2.75, 3.05) is 40.3 Å². The summed E-state index contributed by atoms with van der Waals surface area (Å²) in [7, 11) is 4.28. The lowest BCUT2D eigenvalue weighted by Crippen LogP contribution is -2.26. The Morgan fingerprint density at radius 2 is 1.91 bits per heavy atom. The highest BCUT2D eigenvalue weighted by Gasteiger charge is 2.18. The monoisotopic (exact) mass is 300 g/mol. The first-order valence-electron chi connectivity index (χ1n) is 8.48. The van der Waals surface area contributed by atoms with Crippen LogP contribution in [0.15, 0.2) is 24.3 Å². The molecule has 22 heavy (non-hydrogen) atoms. The molecule has 120 valence electrons. The van der Waals surface area contributed by atoms with Crippen molar-refractivity contribution in [1.29, 1.82) is 0 Å². The fraction of sp³-hybridized carbons (Fsp3) is 0.611. The highest BCUT2D eigenvalue weighted by molar-refractivity contribution is 5.76. The van der Waals surface area contributed by atoms with Gasteiger partial charge in [0.1, 0.15) is 5.82 Å². The molecule has 0 radical (unpaired) electrons. The number of likely N-dealkylation sites (tertiary alicyclic amines) is 1. The van der Waals surface area contributed by atoms with Gasteiger partial charge in [-0.05, 0) is 59.1 Å². The van der Waals surface area contributed by atoms with Gasteiger partial charge >= 0.3 is 0 Å². The Kier molecular flexibility index (Phi) is 4.79. The summed E-state index contributed by atoms with van der Waals surface area (Å²) in [5, 5.41) is 0. The average molecular weight is 300 g/mol.